The van der Waals surface area contributed by atoms with Gasteiger partial charge in [-0.3, -0.25) is 4.79 Å². The Morgan fingerprint density at radius 3 is 3.00 bits per heavy atom. The van der Waals surface area contributed by atoms with Crippen molar-refractivity contribution in [1.82, 2.24) is 9.88 Å². The highest BCUT2D eigenvalue weighted by atomic mass is 32.1. The highest BCUT2D eigenvalue weighted by molar-refractivity contribution is 7.21. The van der Waals surface area contributed by atoms with E-state index in [0.29, 0.717) is 32.0 Å². The second-order valence-corrected chi connectivity index (χ2v) is 7.75. The summed E-state index contributed by atoms with van der Waals surface area (Å²) in [6.07, 6.45) is 0. The van der Waals surface area contributed by atoms with Gasteiger partial charge < -0.3 is 20.5 Å². The Bertz CT molecular complexity index is 968. The first-order valence-electron chi connectivity index (χ1n) is 8.90. The third-order valence-corrected chi connectivity index (χ3v) is 5.83. The van der Waals surface area contributed by atoms with Crippen LogP contribution in [-0.4, -0.2) is 40.6 Å². The van der Waals surface area contributed by atoms with Crippen LogP contribution >= 0.6 is 11.3 Å². The molecule has 2 aromatic carbocycles. The van der Waals surface area contributed by atoms with Crippen LogP contribution in [0.1, 0.15) is 12.5 Å². The molecule has 3 N–H and O–H groups in total. The molecule has 140 valence electrons. The van der Waals surface area contributed by atoms with E-state index in [0.717, 1.165) is 26.4 Å². The summed E-state index contributed by atoms with van der Waals surface area (Å²) in [6, 6.07) is 11.6. The van der Waals surface area contributed by atoms with E-state index in [1.165, 1.54) is 0 Å². The van der Waals surface area contributed by atoms with Gasteiger partial charge in [-0.05, 0) is 24.3 Å². The molecule has 7 heteroatoms. The topological polar surface area (TPSA) is 88.7 Å². The van der Waals surface area contributed by atoms with Crippen molar-refractivity contribution in [2.45, 2.75) is 13.5 Å². The number of aromatic nitrogens is 1. The van der Waals surface area contributed by atoms with E-state index in [4.69, 9.17) is 10.5 Å². The van der Waals surface area contributed by atoms with Gasteiger partial charge in [0.05, 0.1) is 16.8 Å². The third-order valence-electron chi connectivity index (χ3n) is 4.74. The van der Waals surface area contributed by atoms with Gasteiger partial charge in [0.15, 0.2) is 11.5 Å². The van der Waals surface area contributed by atoms with Crippen LogP contribution in [0.25, 0.3) is 20.8 Å². The molecular formula is C20H21N3O3S. The van der Waals surface area contributed by atoms with Crippen molar-refractivity contribution in [1.29, 1.82) is 0 Å². The zero-order valence-electron chi connectivity index (χ0n) is 15.0. The summed E-state index contributed by atoms with van der Waals surface area (Å²) in [5.41, 5.74) is 8.17. The van der Waals surface area contributed by atoms with E-state index in [1.807, 2.05) is 37.3 Å². The molecule has 2 heterocycles. The Labute approximate surface area is 161 Å². The first-order chi connectivity index (χ1) is 13.1. The molecule has 0 fully saturated rings. The monoisotopic (exact) mass is 383 g/mol. The number of fused-ring (bicyclic) bond motifs is 2. The van der Waals surface area contributed by atoms with Gasteiger partial charge in [0.2, 0.25) is 5.91 Å². The van der Waals surface area contributed by atoms with Crippen LogP contribution < -0.4 is 10.5 Å². The minimum Gasteiger partial charge on any atom is -0.504 e. The maximum Gasteiger partial charge on any atom is 0.227 e. The lowest BCUT2D eigenvalue weighted by Crippen LogP contribution is -2.38. The van der Waals surface area contributed by atoms with E-state index in [-0.39, 0.29) is 17.6 Å². The molecule has 0 unspecified atom stereocenters. The van der Waals surface area contributed by atoms with Crippen LogP contribution in [0.15, 0.2) is 36.4 Å². The van der Waals surface area contributed by atoms with E-state index in [1.54, 1.807) is 22.3 Å². The number of rotatable bonds is 3. The zero-order chi connectivity index (χ0) is 19.0. The van der Waals surface area contributed by atoms with Crippen molar-refractivity contribution >= 4 is 27.5 Å². The number of para-hydroxylation sites is 1. The highest BCUT2D eigenvalue weighted by Crippen LogP contribution is 2.39. The minimum absolute atomic E-state index is 0.00108. The average Bonchev–Trinajstić information content (AvgIpc) is 2.99. The number of carbonyl (C=O) groups excluding carboxylic acids is 1. The molecule has 1 aromatic heterocycles. The summed E-state index contributed by atoms with van der Waals surface area (Å²) in [5.74, 6) is 0.268. The van der Waals surface area contributed by atoms with Gasteiger partial charge >= 0.3 is 0 Å². The molecule has 0 aliphatic carbocycles. The molecule has 0 radical (unpaired) electrons. The maximum absolute atomic E-state index is 12.6. The predicted octanol–water partition coefficient (Wildman–Crippen LogP) is 2.98. The van der Waals surface area contributed by atoms with Crippen molar-refractivity contribution in [3.8, 4) is 22.1 Å². The van der Waals surface area contributed by atoms with Crippen molar-refractivity contribution in [3.05, 3.63) is 42.0 Å². The lowest BCUT2D eigenvalue weighted by molar-refractivity contribution is -0.135. The second-order valence-electron chi connectivity index (χ2n) is 6.72. The smallest absolute Gasteiger partial charge is 0.227 e. The van der Waals surface area contributed by atoms with Crippen LogP contribution in [0.3, 0.4) is 0 Å². The largest absolute Gasteiger partial charge is 0.504 e. The molecule has 4 rings (SSSR count). The van der Waals surface area contributed by atoms with Crippen LogP contribution in [-0.2, 0) is 11.3 Å². The van der Waals surface area contributed by atoms with Gasteiger partial charge in [-0.1, -0.05) is 19.1 Å². The Hall–Kier alpha value is -2.64. The van der Waals surface area contributed by atoms with Crippen molar-refractivity contribution < 1.29 is 14.6 Å². The number of carbonyl (C=O) groups is 1. The van der Waals surface area contributed by atoms with Gasteiger partial charge in [-0.25, -0.2) is 4.98 Å². The molecule has 1 atom stereocenters. The molecular weight excluding hydrogens is 362 g/mol. The quantitative estimate of drug-likeness (QED) is 0.726. The number of hydrogen-bond donors (Lipinski definition) is 2. The number of ether oxygens (including phenoxy) is 1. The maximum atomic E-state index is 12.6. The molecule has 1 aliphatic rings. The number of amides is 1. The van der Waals surface area contributed by atoms with Crippen molar-refractivity contribution in [2.24, 2.45) is 11.7 Å². The Balaban J connectivity index is 1.72. The number of benzene rings is 2. The number of thiazole rings is 1. The number of hydrogen-bond acceptors (Lipinski definition) is 6. The molecule has 3 aromatic rings. The molecule has 6 nitrogen and oxygen atoms in total. The van der Waals surface area contributed by atoms with E-state index >= 15 is 0 Å². The number of nitrogens with zero attached hydrogens (tertiary/aromatic N) is 2. The van der Waals surface area contributed by atoms with E-state index in [9.17, 15) is 9.90 Å². The fourth-order valence-electron chi connectivity index (χ4n) is 3.22. The Kier molecular flexibility index (Phi) is 4.72. The van der Waals surface area contributed by atoms with Gasteiger partial charge in [0.1, 0.15) is 11.6 Å². The fraction of sp³-hybridized carbons (Fsp3) is 0.300. The zero-order valence-corrected chi connectivity index (χ0v) is 15.8. The fourth-order valence-corrected chi connectivity index (χ4v) is 4.17. The summed E-state index contributed by atoms with van der Waals surface area (Å²) in [7, 11) is 0. The van der Waals surface area contributed by atoms with E-state index in [2.05, 4.69) is 4.98 Å². The molecule has 0 saturated carbocycles. The van der Waals surface area contributed by atoms with Crippen LogP contribution in [0.2, 0.25) is 0 Å². The van der Waals surface area contributed by atoms with Gasteiger partial charge in [0, 0.05) is 30.1 Å². The predicted molar refractivity (Wildman–Crippen MR) is 106 cm³/mol. The van der Waals surface area contributed by atoms with Gasteiger partial charge in [-0.2, -0.15) is 0 Å². The SMILES string of the molecule is C[C@@H](CN)C(=O)N1CCOc2c(O)cc(-c3nc4ccccc4s3)cc2C1. The average molecular weight is 383 g/mol. The standard InChI is InChI=1S/C20H21N3O3S/c1-12(10-21)20(25)23-6-7-26-18-14(11-23)8-13(9-16(18)24)19-22-15-4-2-3-5-17(15)27-19/h2-5,8-9,12,24H,6-7,10-11,21H2,1H3/t12-/m0/s1. The van der Waals surface area contributed by atoms with Crippen LogP contribution in [0.4, 0.5) is 0 Å². The van der Waals surface area contributed by atoms with Crippen LogP contribution in [0, 0.1) is 5.92 Å². The molecule has 0 spiro atoms. The summed E-state index contributed by atoms with van der Waals surface area (Å²) in [4.78, 5) is 19.0. The molecule has 0 saturated heterocycles. The third kappa shape index (κ3) is 3.36. The molecule has 1 amide bonds. The lowest BCUT2D eigenvalue weighted by atomic mass is 10.1. The highest BCUT2D eigenvalue weighted by Gasteiger charge is 2.25. The number of aromatic hydroxyl groups is 1. The first-order valence-corrected chi connectivity index (χ1v) is 9.72. The van der Waals surface area contributed by atoms with E-state index < -0.39 is 0 Å². The molecule has 1 aliphatic heterocycles. The molecule has 27 heavy (non-hydrogen) atoms. The van der Waals surface area contributed by atoms with Crippen molar-refractivity contribution in [2.75, 3.05) is 19.7 Å². The summed E-state index contributed by atoms with van der Waals surface area (Å²) in [5, 5.41) is 11.3. The lowest BCUT2D eigenvalue weighted by Gasteiger charge is -2.23. The number of phenols is 1. The summed E-state index contributed by atoms with van der Waals surface area (Å²) < 4.78 is 6.82. The van der Waals surface area contributed by atoms with Crippen LogP contribution in [0.5, 0.6) is 11.5 Å². The first kappa shape index (κ1) is 17.8. The minimum atomic E-state index is -0.243. The number of nitrogens with two attached hydrogens (primary N) is 1. The second kappa shape index (κ2) is 7.17. The Morgan fingerprint density at radius 1 is 1.41 bits per heavy atom. The van der Waals surface area contributed by atoms with Gasteiger partial charge in [-0.15, -0.1) is 11.3 Å². The summed E-state index contributed by atoms with van der Waals surface area (Å²) >= 11 is 1.57. The normalized spacial score (nSPS) is 15.1. The molecule has 0 bridgehead atoms. The van der Waals surface area contributed by atoms with Crippen molar-refractivity contribution in [3.63, 3.8) is 0 Å². The van der Waals surface area contributed by atoms with Gasteiger partial charge in [0.25, 0.3) is 0 Å². The number of phenolic OH excluding ortho intramolecular Hbond substituents is 1. The summed E-state index contributed by atoms with van der Waals surface area (Å²) in [6.45, 7) is 3.31. The Morgan fingerprint density at radius 2 is 2.22 bits per heavy atom.